The molecule has 6 nitrogen and oxygen atoms in total. The molecular formula is C20H23N5OS. The van der Waals surface area contributed by atoms with Crippen LogP contribution in [0, 0.1) is 20.8 Å². The van der Waals surface area contributed by atoms with Crippen molar-refractivity contribution < 1.29 is 4.79 Å². The summed E-state index contributed by atoms with van der Waals surface area (Å²) in [7, 11) is 0. The molecule has 0 saturated carbocycles. The average molecular weight is 382 g/mol. The van der Waals surface area contributed by atoms with Gasteiger partial charge in [-0.25, -0.2) is 9.50 Å². The van der Waals surface area contributed by atoms with E-state index in [0.717, 1.165) is 29.9 Å². The minimum atomic E-state index is -0.241. The van der Waals surface area contributed by atoms with E-state index >= 15 is 0 Å². The van der Waals surface area contributed by atoms with Crippen LogP contribution in [0.4, 0.5) is 0 Å². The number of hydrogen-bond acceptors (Lipinski definition) is 5. The number of carbonyl (C=O) groups excluding carboxylic acids is 1. The molecule has 3 aromatic rings. The lowest BCUT2D eigenvalue weighted by Crippen LogP contribution is -2.40. The second-order valence-electron chi connectivity index (χ2n) is 7.05. The average Bonchev–Trinajstić information content (AvgIpc) is 3.07. The molecule has 0 N–H and O–H groups in total. The van der Waals surface area contributed by atoms with Crippen LogP contribution in [0.2, 0.25) is 0 Å². The molecular weight excluding hydrogens is 358 g/mol. The molecule has 140 valence electrons. The van der Waals surface area contributed by atoms with Gasteiger partial charge in [0.25, 0.3) is 5.78 Å². The van der Waals surface area contributed by atoms with Crippen molar-refractivity contribution in [1.29, 1.82) is 0 Å². The van der Waals surface area contributed by atoms with Crippen molar-refractivity contribution in [3.05, 3.63) is 52.3 Å². The van der Waals surface area contributed by atoms with Crippen LogP contribution in [0.25, 0.3) is 5.78 Å². The molecule has 1 unspecified atom stereocenters. The molecule has 0 radical (unpaired) electrons. The lowest BCUT2D eigenvalue weighted by molar-refractivity contribution is -0.131. The van der Waals surface area contributed by atoms with Gasteiger partial charge in [0.05, 0.1) is 5.25 Å². The van der Waals surface area contributed by atoms with E-state index in [4.69, 9.17) is 0 Å². The quantitative estimate of drug-likeness (QED) is 0.652. The van der Waals surface area contributed by atoms with Crippen molar-refractivity contribution in [3.8, 4) is 0 Å². The molecule has 1 atom stereocenters. The molecule has 1 amide bonds. The number of nitrogens with zero attached hydrogens (tertiary/aromatic N) is 5. The van der Waals surface area contributed by atoms with Gasteiger partial charge in [-0.1, -0.05) is 36.0 Å². The summed E-state index contributed by atoms with van der Waals surface area (Å²) < 4.78 is 1.76. The zero-order chi connectivity index (χ0) is 19.1. The van der Waals surface area contributed by atoms with E-state index in [1.807, 2.05) is 38.7 Å². The number of aryl methyl sites for hydroxylation is 2. The van der Waals surface area contributed by atoms with Crippen LogP contribution < -0.4 is 0 Å². The van der Waals surface area contributed by atoms with Crippen LogP contribution in [0.5, 0.6) is 0 Å². The summed E-state index contributed by atoms with van der Waals surface area (Å²) in [6, 6.07) is 8.35. The molecule has 4 rings (SSSR count). The van der Waals surface area contributed by atoms with Crippen LogP contribution in [-0.2, 0) is 17.8 Å². The van der Waals surface area contributed by atoms with Crippen LogP contribution in [0.3, 0.4) is 0 Å². The molecule has 0 aliphatic carbocycles. The van der Waals surface area contributed by atoms with E-state index in [9.17, 15) is 4.79 Å². The third-order valence-electron chi connectivity index (χ3n) is 5.31. The van der Waals surface area contributed by atoms with Gasteiger partial charge in [0.15, 0.2) is 0 Å². The third kappa shape index (κ3) is 3.32. The van der Waals surface area contributed by atoms with Gasteiger partial charge in [-0.05, 0) is 50.8 Å². The Kier molecular flexibility index (Phi) is 4.63. The summed E-state index contributed by atoms with van der Waals surface area (Å²) in [4.78, 5) is 23.9. The maximum Gasteiger partial charge on any atom is 0.253 e. The van der Waals surface area contributed by atoms with Crippen LogP contribution in [0.1, 0.15) is 35.0 Å². The van der Waals surface area contributed by atoms with Gasteiger partial charge in [-0.2, -0.15) is 4.98 Å². The predicted octanol–water partition coefficient (Wildman–Crippen LogP) is 3.12. The van der Waals surface area contributed by atoms with E-state index in [1.54, 1.807) is 4.52 Å². The normalized spacial score (nSPS) is 15.0. The largest absolute Gasteiger partial charge is 0.337 e. The Hall–Kier alpha value is -2.41. The lowest BCUT2D eigenvalue weighted by Gasteiger charge is -2.30. The summed E-state index contributed by atoms with van der Waals surface area (Å²) in [6.07, 6.45) is 0.910. The molecule has 1 aliphatic rings. The minimum absolute atomic E-state index is 0.130. The Morgan fingerprint density at radius 1 is 1.15 bits per heavy atom. The summed E-state index contributed by atoms with van der Waals surface area (Å²) in [5.41, 5.74) is 5.69. The monoisotopic (exact) mass is 381 g/mol. The maximum absolute atomic E-state index is 12.9. The van der Waals surface area contributed by atoms with Gasteiger partial charge < -0.3 is 4.90 Å². The zero-order valence-electron chi connectivity index (χ0n) is 16.1. The molecule has 3 heterocycles. The smallest absolute Gasteiger partial charge is 0.253 e. The van der Waals surface area contributed by atoms with E-state index in [1.165, 1.54) is 22.9 Å². The summed E-state index contributed by atoms with van der Waals surface area (Å²) in [5.74, 6) is 0.718. The Morgan fingerprint density at radius 2 is 1.89 bits per heavy atom. The number of thioether (sulfide) groups is 1. The SMILES string of the molecule is Cc1nc2nc(SC(C)C(=O)N3CCc4ccccc4C3)nn2c(C)c1C. The van der Waals surface area contributed by atoms with Gasteiger partial charge in [0.2, 0.25) is 11.1 Å². The molecule has 27 heavy (non-hydrogen) atoms. The molecule has 0 fully saturated rings. The van der Waals surface area contributed by atoms with Crippen molar-refractivity contribution in [2.24, 2.45) is 0 Å². The first-order valence-electron chi connectivity index (χ1n) is 9.17. The lowest BCUT2D eigenvalue weighted by atomic mass is 10.00. The number of fused-ring (bicyclic) bond motifs is 2. The van der Waals surface area contributed by atoms with Gasteiger partial charge in [0, 0.05) is 24.5 Å². The van der Waals surface area contributed by atoms with Crippen molar-refractivity contribution in [3.63, 3.8) is 0 Å². The van der Waals surface area contributed by atoms with Crippen LogP contribution in [-0.4, -0.2) is 42.2 Å². The number of aromatic nitrogens is 4. The summed E-state index contributed by atoms with van der Waals surface area (Å²) >= 11 is 1.40. The van der Waals surface area contributed by atoms with Gasteiger partial charge in [0.1, 0.15) is 0 Å². The highest BCUT2D eigenvalue weighted by atomic mass is 32.2. The predicted molar refractivity (Wildman–Crippen MR) is 106 cm³/mol. The highest BCUT2D eigenvalue weighted by Crippen LogP contribution is 2.25. The maximum atomic E-state index is 12.9. The first-order chi connectivity index (χ1) is 12.9. The van der Waals surface area contributed by atoms with Gasteiger partial charge in [-0.15, -0.1) is 5.10 Å². The fourth-order valence-electron chi connectivity index (χ4n) is 3.44. The Morgan fingerprint density at radius 3 is 2.67 bits per heavy atom. The second-order valence-corrected chi connectivity index (χ2v) is 8.36. The van der Waals surface area contributed by atoms with E-state index in [2.05, 4.69) is 33.3 Å². The Balaban J connectivity index is 1.51. The first kappa shape index (κ1) is 18.0. The van der Waals surface area contributed by atoms with Crippen molar-refractivity contribution in [1.82, 2.24) is 24.5 Å². The molecule has 1 aliphatic heterocycles. The molecule has 2 aromatic heterocycles. The van der Waals surface area contributed by atoms with Gasteiger partial charge in [-0.3, -0.25) is 4.79 Å². The topological polar surface area (TPSA) is 63.4 Å². The number of rotatable bonds is 3. The number of carbonyl (C=O) groups is 1. The summed E-state index contributed by atoms with van der Waals surface area (Å²) in [6.45, 7) is 9.39. The van der Waals surface area contributed by atoms with Crippen LogP contribution in [0.15, 0.2) is 29.4 Å². The van der Waals surface area contributed by atoms with Crippen molar-refractivity contribution in [2.45, 2.75) is 51.1 Å². The molecule has 0 spiro atoms. The highest BCUT2D eigenvalue weighted by Gasteiger charge is 2.26. The van der Waals surface area contributed by atoms with Crippen molar-refractivity contribution >= 4 is 23.4 Å². The third-order valence-corrected chi connectivity index (χ3v) is 6.25. The standard InChI is InChI=1S/C20H23N5OS/c1-12-13(2)21-19-22-20(23-25(19)14(12)3)27-15(4)18(26)24-10-9-16-7-5-6-8-17(16)11-24/h5-8,15H,9-11H2,1-4H3. The number of benzene rings is 1. The molecule has 0 saturated heterocycles. The number of hydrogen-bond donors (Lipinski definition) is 0. The first-order valence-corrected chi connectivity index (χ1v) is 10.0. The molecule has 1 aromatic carbocycles. The Bertz CT molecular complexity index is 1030. The van der Waals surface area contributed by atoms with E-state index in [0.29, 0.717) is 17.5 Å². The van der Waals surface area contributed by atoms with Gasteiger partial charge >= 0.3 is 0 Å². The summed E-state index contributed by atoms with van der Waals surface area (Å²) in [5, 5.41) is 4.90. The fraction of sp³-hybridized carbons (Fsp3) is 0.400. The van der Waals surface area contributed by atoms with Crippen molar-refractivity contribution in [2.75, 3.05) is 6.54 Å². The van der Waals surface area contributed by atoms with Crippen LogP contribution >= 0.6 is 11.8 Å². The second kappa shape index (κ2) is 6.96. The minimum Gasteiger partial charge on any atom is -0.337 e. The molecule has 0 bridgehead atoms. The fourth-order valence-corrected chi connectivity index (χ4v) is 4.27. The number of amides is 1. The molecule has 7 heteroatoms. The van der Waals surface area contributed by atoms with E-state index in [-0.39, 0.29) is 11.2 Å². The van der Waals surface area contributed by atoms with E-state index < -0.39 is 0 Å². The zero-order valence-corrected chi connectivity index (χ0v) is 16.9. The Labute approximate surface area is 163 Å². The highest BCUT2D eigenvalue weighted by molar-refractivity contribution is 8.00.